The number of aryl methyl sites for hydroxylation is 2. The highest BCUT2D eigenvalue weighted by Gasteiger charge is 2.63. The first-order valence-electron chi connectivity index (χ1n) is 18.4. The van der Waals surface area contributed by atoms with Crippen molar-refractivity contribution in [2.45, 2.75) is 113 Å². The van der Waals surface area contributed by atoms with Crippen LogP contribution in [0.3, 0.4) is 0 Å². The molecule has 2 saturated carbocycles. The van der Waals surface area contributed by atoms with Crippen LogP contribution in [0.5, 0.6) is 5.88 Å². The first-order chi connectivity index (χ1) is 25.7. The molecular formula is C37H44FN7O8S. The zero-order valence-corrected chi connectivity index (χ0v) is 31.2. The van der Waals surface area contributed by atoms with Crippen LogP contribution in [-0.2, 0) is 30.8 Å². The summed E-state index contributed by atoms with van der Waals surface area (Å²) in [6, 6.07) is 3.27. The number of aromatic nitrogens is 3. The van der Waals surface area contributed by atoms with Gasteiger partial charge in [0.1, 0.15) is 35.2 Å². The van der Waals surface area contributed by atoms with Crippen LogP contribution in [-0.4, -0.2) is 87.1 Å². The summed E-state index contributed by atoms with van der Waals surface area (Å²) in [6.07, 6.45) is 7.39. The van der Waals surface area contributed by atoms with Gasteiger partial charge in [-0.25, -0.2) is 22.8 Å². The average Bonchev–Trinajstić information content (AvgIpc) is 3.93. The van der Waals surface area contributed by atoms with Crippen molar-refractivity contribution in [2.24, 2.45) is 5.92 Å². The number of hydrogen-bond donors (Lipinski definition) is 3. The quantitative estimate of drug-likeness (QED) is 0.284. The summed E-state index contributed by atoms with van der Waals surface area (Å²) in [6.45, 7) is 5.00. The SMILES string of the molecule is CCc1nc2ccc(F)cc2nc1O[C@@H]1C[C@H]2C(=O)N[C@]3(C(=O)NS(=O)(=O)C4(C)CC4)CC3/C=C\CCCCC[C@H](NC(=O)c3cc(C)no3)C(=O)N2C1. The highest BCUT2D eigenvalue weighted by molar-refractivity contribution is 7.91. The summed E-state index contributed by atoms with van der Waals surface area (Å²) < 4.78 is 53.0. The molecule has 0 bridgehead atoms. The number of rotatable bonds is 8. The van der Waals surface area contributed by atoms with Gasteiger partial charge in [0.05, 0.1) is 28.0 Å². The van der Waals surface area contributed by atoms with Crippen LogP contribution in [0.25, 0.3) is 11.0 Å². The van der Waals surface area contributed by atoms with E-state index in [9.17, 15) is 32.0 Å². The fourth-order valence-electron chi connectivity index (χ4n) is 7.18. The van der Waals surface area contributed by atoms with Crippen molar-refractivity contribution < 1.29 is 41.2 Å². The Hall–Kier alpha value is -4.93. The molecule has 3 N–H and O–H groups in total. The number of carbonyl (C=O) groups is 4. The van der Waals surface area contributed by atoms with Gasteiger partial charge in [0.2, 0.25) is 33.5 Å². The van der Waals surface area contributed by atoms with Gasteiger partial charge in [0.15, 0.2) is 0 Å². The van der Waals surface area contributed by atoms with Gasteiger partial charge in [-0.2, -0.15) is 0 Å². The van der Waals surface area contributed by atoms with Gasteiger partial charge in [0, 0.05) is 24.5 Å². The minimum atomic E-state index is -4.01. The molecule has 3 aromatic rings. The highest BCUT2D eigenvalue weighted by atomic mass is 32.2. The van der Waals surface area contributed by atoms with E-state index in [0.29, 0.717) is 49.0 Å². The lowest BCUT2D eigenvalue weighted by Crippen LogP contribution is -2.58. The largest absolute Gasteiger partial charge is 0.471 e. The molecule has 288 valence electrons. The summed E-state index contributed by atoms with van der Waals surface area (Å²) >= 11 is 0. The van der Waals surface area contributed by atoms with E-state index < -0.39 is 73.9 Å². The van der Waals surface area contributed by atoms with Gasteiger partial charge in [-0.15, -0.1) is 0 Å². The van der Waals surface area contributed by atoms with E-state index in [1.165, 1.54) is 29.2 Å². The number of allylic oxidation sites excluding steroid dienone is 1. The number of amides is 4. The van der Waals surface area contributed by atoms with Gasteiger partial charge < -0.3 is 24.8 Å². The van der Waals surface area contributed by atoms with Gasteiger partial charge >= 0.3 is 0 Å². The van der Waals surface area contributed by atoms with Crippen LogP contribution in [0.1, 0.15) is 93.6 Å². The Balaban J connectivity index is 1.21. The van der Waals surface area contributed by atoms with E-state index in [-0.39, 0.29) is 43.0 Å². The lowest BCUT2D eigenvalue weighted by atomic mass is 10.0. The fourth-order valence-corrected chi connectivity index (χ4v) is 8.49. The van der Waals surface area contributed by atoms with Crippen molar-refractivity contribution in [3.63, 3.8) is 0 Å². The number of fused-ring (bicyclic) bond motifs is 3. The Kier molecular flexibility index (Phi) is 9.95. The van der Waals surface area contributed by atoms with Crippen LogP contribution >= 0.6 is 0 Å². The molecule has 7 rings (SSSR count). The molecule has 0 spiro atoms. The second-order valence-corrected chi connectivity index (χ2v) is 17.2. The number of hydrogen-bond acceptors (Lipinski definition) is 11. The number of halogens is 1. The third-order valence-corrected chi connectivity index (χ3v) is 13.1. The lowest BCUT2D eigenvalue weighted by molar-refractivity contribution is -0.141. The van der Waals surface area contributed by atoms with Crippen LogP contribution in [0.2, 0.25) is 0 Å². The number of benzene rings is 1. The summed E-state index contributed by atoms with van der Waals surface area (Å²) in [7, 11) is -4.01. The number of sulfonamides is 1. The maximum Gasteiger partial charge on any atom is 0.290 e. The normalized spacial score (nSPS) is 27.4. The number of nitrogens with one attached hydrogen (secondary N) is 3. The molecule has 2 aliphatic heterocycles. The first-order valence-corrected chi connectivity index (χ1v) is 19.9. The molecule has 5 atom stereocenters. The van der Waals surface area contributed by atoms with Gasteiger partial charge in [-0.05, 0) is 70.9 Å². The maximum atomic E-state index is 14.5. The predicted molar refractivity (Wildman–Crippen MR) is 192 cm³/mol. The minimum absolute atomic E-state index is 0.0276. The summed E-state index contributed by atoms with van der Waals surface area (Å²) in [5.74, 6) is -3.60. The van der Waals surface area contributed by atoms with Crippen molar-refractivity contribution in [1.82, 2.24) is 35.4 Å². The lowest BCUT2D eigenvalue weighted by Gasteiger charge is -2.29. The fraction of sp³-hybridized carbons (Fsp3) is 0.541. The second-order valence-electron chi connectivity index (χ2n) is 15.0. The molecule has 2 aromatic heterocycles. The molecule has 17 heteroatoms. The van der Waals surface area contributed by atoms with E-state index >= 15 is 0 Å². The van der Waals surface area contributed by atoms with E-state index in [1.807, 2.05) is 19.1 Å². The molecule has 1 aromatic carbocycles. The Bertz CT molecular complexity index is 2140. The van der Waals surface area contributed by atoms with E-state index in [0.717, 1.165) is 12.8 Å². The molecule has 1 unspecified atom stereocenters. The molecule has 3 fully saturated rings. The molecule has 4 aliphatic rings. The first kappa shape index (κ1) is 37.4. The van der Waals surface area contributed by atoms with E-state index in [2.05, 4.69) is 30.5 Å². The van der Waals surface area contributed by atoms with E-state index in [1.54, 1.807) is 13.8 Å². The molecule has 4 heterocycles. The summed E-state index contributed by atoms with van der Waals surface area (Å²) in [5, 5.41) is 9.40. The highest BCUT2D eigenvalue weighted by Crippen LogP contribution is 2.47. The van der Waals surface area contributed by atoms with Gasteiger partial charge in [-0.1, -0.05) is 37.1 Å². The minimum Gasteiger partial charge on any atom is -0.471 e. The van der Waals surface area contributed by atoms with Crippen LogP contribution in [0.15, 0.2) is 40.9 Å². The Morgan fingerprint density at radius 1 is 1.13 bits per heavy atom. The standard InChI is InChI=1S/C37H44FN7O8S/c1-4-25-33(41-28-17-23(38)12-13-26(28)39-25)52-24-18-29-31(46)42-37(35(49)44-54(50,51)36(3)14-15-36)19-22(37)10-8-6-5-7-9-11-27(34(48)45(29)20-24)40-32(47)30-16-21(2)43-53-30/h8,10,12-13,16-17,22,24,27,29H,4-7,9,11,14-15,18-20H2,1-3H3,(H,40,47)(H,42,46)(H,44,49)/b10-8-/t22?,24-,27+,29+,37-/m1/s1. The van der Waals surface area contributed by atoms with Crippen molar-refractivity contribution in [3.05, 3.63) is 59.4 Å². The zero-order chi connectivity index (χ0) is 38.4. The number of ether oxygens (including phenoxy) is 1. The molecule has 0 radical (unpaired) electrons. The van der Waals surface area contributed by atoms with Crippen molar-refractivity contribution in [3.8, 4) is 5.88 Å². The van der Waals surface area contributed by atoms with Crippen molar-refractivity contribution in [1.29, 1.82) is 0 Å². The van der Waals surface area contributed by atoms with Crippen LogP contribution in [0, 0.1) is 18.7 Å². The Morgan fingerprint density at radius 2 is 1.93 bits per heavy atom. The summed E-state index contributed by atoms with van der Waals surface area (Å²) in [5.41, 5.74) is 0.171. The van der Waals surface area contributed by atoms with Gasteiger partial charge in [-0.3, -0.25) is 23.9 Å². The topological polar surface area (TPSA) is 203 Å². The third-order valence-electron chi connectivity index (χ3n) is 10.9. The van der Waals surface area contributed by atoms with Crippen molar-refractivity contribution >= 4 is 44.7 Å². The predicted octanol–water partition coefficient (Wildman–Crippen LogP) is 3.17. The smallest absolute Gasteiger partial charge is 0.290 e. The van der Waals surface area contributed by atoms with E-state index in [4.69, 9.17) is 9.26 Å². The molecule has 2 aliphatic carbocycles. The molecule has 4 amide bonds. The second kappa shape index (κ2) is 14.4. The maximum absolute atomic E-state index is 14.5. The number of nitrogens with zero attached hydrogens (tertiary/aromatic N) is 4. The zero-order valence-electron chi connectivity index (χ0n) is 30.4. The van der Waals surface area contributed by atoms with Gasteiger partial charge in [0.25, 0.3) is 11.8 Å². The van der Waals surface area contributed by atoms with Crippen molar-refractivity contribution in [2.75, 3.05) is 6.54 Å². The molecule has 54 heavy (non-hydrogen) atoms. The Labute approximate surface area is 311 Å². The average molecular weight is 766 g/mol. The Morgan fingerprint density at radius 3 is 2.65 bits per heavy atom. The third kappa shape index (κ3) is 7.42. The van der Waals surface area contributed by atoms with Crippen LogP contribution in [0.4, 0.5) is 4.39 Å². The monoisotopic (exact) mass is 765 g/mol. The van der Waals surface area contributed by atoms with Crippen LogP contribution < -0.4 is 20.1 Å². The number of carbonyl (C=O) groups excluding carboxylic acids is 4. The molecule has 15 nitrogen and oxygen atoms in total. The summed E-state index contributed by atoms with van der Waals surface area (Å²) in [4.78, 5) is 66.4. The molecule has 1 saturated heterocycles. The molecular weight excluding hydrogens is 722 g/mol.